The molecule has 0 amide bonds. The van der Waals surface area contributed by atoms with Crippen molar-refractivity contribution >= 4 is 0 Å². The van der Waals surface area contributed by atoms with Gasteiger partial charge in [-0.25, -0.2) is 4.98 Å². The average Bonchev–Trinajstić information content (AvgIpc) is 3.20. The van der Waals surface area contributed by atoms with E-state index in [9.17, 15) is 4.79 Å². The third-order valence-electron chi connectivity index (χ3n) is 4.36. The van der Waals surface area contributed by atoms with Gasteiger partial charge in [0.05, 0.1) is 5.69 Å². The van der Waals surface area contributed by atoms with Crippen LogP contribution < -0.4 is 10.9 Å². The van der Waals surface area contributed by atoms with Crippen LogP contribution in [0.3, 0.4) is 0 Å². The lowest BCUT2D eigenvalue weighted by Gasteiger charge is -2.25. The highest BCUT2D eigenvalue weighted by molar-refractivity contribution is 5.07. The Morgan fingerprint density at radius 1 is 1.26 bits per heavy atom. The molecule has 0 radical (unpaired) electrons. The van der Waals surface area contributed by atoms with Crippen LogP contribution in [0.2, 0.25) is 0 Å². The first-order valence-corrected chi connectivity index (χ1v) is 7.54. The second-order valence-electron chi connectivity index (χ2n) is 6.23. The van der Waals surface area contributed by atoms with Crippen molar-refractivity contribution in [3.8, 4) is 0 Å². The lowest BCUT2D eigenvalue weighted by Crippen LogP contribution is -2.22. The van der Waals surface area contributed by atoms with Gasteiger partial charge in [-0.3, -0.25) is 4.79 Å². The highest BCUT2D eigenvalue weighted by atomic mass is 16.1. The van der Waals surface area contributed by atoms with Gasteiger partial charge in [-0.2, -0.15) is 0 Å². The molecule has 0 spiro atoms. The van der Waals surface area contributed by atoms with Gasteiger partial charge in [0.15, 0.2) is 0 Å². The maximum atomic E-state index is 11.8. The van der Waals surface area contributed by atoms with Gasteiger partial charge in [-0.1, -0.05) is 19.8 Å². The molecule has 104 valence electrons. The van der Waals surface area contributed by atoms with E-state index in [1.165, 1.54) is 25.7 Å². The van der Waals surface area contributed by atoms with Crippen LogP contribution in [0.25, 0.3) is 0 Å². The molecule has 4 nitrogen and oxygen atoms in total. The monoisotopic (exact) mass is 261 g/mol. The number of aromatic nitrogens is 2. The van der Waals surface area contributed by atoms with E-state index in [2.05, 4.69) is 22.2 Å². The summed E-state index contributed by atoms with van der Waals surface area (Å²) in [5.74, 6) is 2.18. The van der Waals surface area contributed by atoms with Crippen molar-refractivity contribution in [1.29, 1.82) is 0 Å². The first kappa shape index (κ1) is 12.9. The topological polar surface area (TPSA) is 57.8 Å². The predicted molar refractivity (Wildman–Crippen MR) is 75.1 cm³/mol. The van der Waals surface area contributed by atoms with Gasteiger partial charge in [-0.05, 0) is 31.6 Å². The Labute approximate surface area is 114 Å². The normalized spacial score (nSPS) is 27.4. The molecule has 4 heteroatoms. The highest BCUT2D eigenvalue weighted by Gasteiger charge is 2.23. The summed E-state index contributed by atoms with van der Waals surface area (Å²) >= 11 is 0. The highest BCUT2D eigenvalue weighted by Crippen LogP contribution is 2.33. The molecule has 0 aliphatic heterocycles. The van der Waals surface area contributed by atoms with Crippen LogP contribution in [0.4, 0.5) is 0 Å². The van der Waals surface area contributed by atoms with Crippen molar-refractivity contribution < 1.29 is 0 Å². The molecule has 3 rings (SSSR count). The summed E-state index contributed by atoms with van der Waals surface area (Å²) in [6.45, 7) is 3.03. The summed E-state index contributed by atoms with van der Waals surface area (Å²) in [6.07, 6.45) is 7.33. The molecule has 1 aromatic rings. The first-order chi connectivity index (χ1) is 9.20. The number of rotatable bonds is 4. The van der Waals surface area contributed by atoms with Gasteiger partial charge in [0, 0.05) is 24.6 Å². The SMILES string of the molecule is CC1CCC(c2nc(CNC3CC3)cc(=O)[nH]2)CC1. The number of hydrogen-bond acceptors (Lipinski definition) is 3. The Balaban J connectivity index is 1.70. The van der Waals surface area contributed by atoms with Crippen molar-refractivity contribution in [2.24, 2.45) is 5.92 Å². The second kappa shape index (κ2) is 5.45. The van der Waals surface area contributed by atoms with Gasteiger partial charge >= 0.3 is 0 Å². The van der Waals surface area contributed by atoms with E-state index in [1.807, 2.05) is 0 Å². The second-order valence-corrected chi connectivity index (χ2v) is 6.23. The minimum Gasteiger partial charge on any atom is -0.310 e. The molecule has 0 aromatic carbocycles. The molecule has 2 N–H and O–H groups in total. The smallest absolute Gasteiger partial charge is 0.251 e. The number of nitrogens with zero attached hydrogens (tertiary/aromatic N) is 1. The quantitative estimate of drug-likeness (QED) is 0.874. The third kappa shape index (κ3) is 3.44. The number of nitrogens with one attached hydrogen (secondary N) is 2. The fourth-order valence-electron chi connectivity index (χ4n) is 2.88. The summed E-state index contributed by atoms with van der Waals surface area (Å²) in [6, 6.07) is 2.28. The molecule has 1 aromatic heterocycles. The van der Waals surface area contributed by atoms with Crippen LogP contribution in [0.15, 0.2) is 10.9 Å². The van der Waals surface area contributed by atoms with E-state index in [0.717, 1.165) is 36.8 Å². The Morgan fingerprint density at radius 3 is 2.68 bits per heavy atom. The zero-order valence-electron chi connectivity index (χ0n) is 11.6. The number of aromatic amines is 1. The van der Waals surface area contributed by atoms with Crippen LogP contribution in [0.1, 0.15) is 62.9 Å². The summed E-state index contributed by atoms with van der Waals surface area (Å²) in [5, 5.41) is 3.42. The van der Waals surface area contributed by atoms with E-state index in [1.54, 1.807) is 6.07 Å². The minimum atomic E-state index is -0.00350. The Hall–Kier alpha value is -1.16. The zero-order valence-corrected chi connectivity index (χ0v) is 11.6. The molecule has 2 saturated carbocycles. The van der Waals surface area contributed by atoms with Gasteiger partial charge in [0.2, 0.25) is 0 Å². The van der Waals surface area contributed by atoms with Crippen LogP contribution in [0, 0.1) is 5.92 Å². The summed E-state index contributed by atoms with van der Waals surface area (Å²) in [5.41, 5.74) is 0.889. The van der Waals surface area contributed by atoms with Crippen molar-refractivity contribution in [3.05, 3.63) is 27.9 Å². The van der Waals surface area contributed by atoms with E-state index in [-0.39, 0.29) is 5.56 Å². The van der Waals surface area contributed by atoms with Gasteiger partial charge in [0.1, 0.15) is 5.82 Å². The van der Waals surface area contributed by atoms with Gasteiger partial charge in [0.25, 0.3) is 5.56 Å². The summed E-state index contributed by atoms with van der Waals surface area (Å²) < 4.78 is 0. The predicted octanol–water partition coefficient (Wildman–Crippen LogP) is 2.32. The van der Waals surface area contributed by atoms with E-state index < -0.39 is 0 Å². The summed E-state index contributed by atoms with van der Waals surface area (Å²) in [4.78, 5) is 19.4. The Kier molecular flexibility index (Phi) is 3.69. The lowest BCUT2D eigenvalue weighted by molar-refractivity contribution is 0.338. The molecule has 2 aliphatic carbocycles. The Morgan fingerprint density at radius 2 is 2.00 bits per heavy atom. The molecule has 2 fully saturated rings. The standard InChI is InChI=1S/C15H23N3O/c1-10-2-4-11(5-3-10)15-17-13(8-14(19)18-15)9-16-12-6-7-12/h8,10-12,16H,2-7,9H2,1H3,(H,17,18,19). The van der Waals surface area contributed by atoms with E-state index >= 15 is 0 Å². The van der Waals surface area contributed by atoms with Crippen molar-refractivity contribution in [2.45, 2.75) is 64.0 Å². The molecular formula is C15H23N3O. The van der Waals surface area contributed by atoms with Crippen molar-refractivity contribution in [3.63, 3.8) is 0 Å². The average molecular weight is 261 g/mol. The zero-order chi connectivity index (χ0) is 13.2. The molecule has 1 heterocycles. The van der Waals surface area contributed by atoms with Crippen LogP contribution >= 0.6 is 0 Å². The molecule has 2 aliphatic rings. The molecule has 0 atom stereocenters. The molecule has 0 bridgehead atoms. The fraction of sp³-hybridized carbons (Fsp3) is 0.733. The van der Waals surface area contributed by atoms with Crippen molar-refractivity contribution in [2.75, 3.05) is 0 Å². The van der Waals surface area contributed by atoms with Crippen molar-refractivity contribution in [1.82, 2.24) is 15.3 Å². The number of hydrogen-bond donors (Lipinski definition) is 2. The van der Waals surface area contributed by atoms with E-state index in [4.69, 9.17) is 0 Å². The minimum absolute atomic E-state index is 0.00350. The van der Waals surface area contributed by atoms with E-state index in [0.29, 0.717) is 12.0 Å². The first-order valence-electron chi connectivity index (χ1n) is 7.54. The molecular weight excluding hydrogens is 238 g/mol. The Bertz CT molecular complexity index is 484. The van der Waals surface area contributed by atoms with Crippen LogP contribution in [0.5, 0.6) is 0 Å². The van der Waals surface area contributed by atoms with Crippen LogP contribution in [-0.4, -0.2) is 16.0 Å². The third-order valence-corrected chi connectivity index (χ3v) is 4.36. The molecule has 0 saturated heterocycles. The fourth-order valence-corrected chi connectivity index (χ4v) is 2.88. The molecule has 0 unspecified atom stereocenters. The lowest BCUT2D eigenvalue weighted by atomic mass is 9.82. The largest absolute Gasteiger partial charge is 0.310 e. The summed E-state index contributed by atoms with van der Waals surface area (Å²) in [7, 11) is 0. The van der Waals surface area contributed by atoms with Gasteiger partial charge in [-0.15, -0.1) is 0 Å². The maximum Gasteiger partial charge on any atom is 0.251 e. The molecule has 19 heavy (non-hydrogen) atoms. The maximum absolute atomic E-state index is 11.8. The van der Waals surface area contributed by atoms with Gasteiger partial charge < -0.3 is 10.3 Å². The number of H-pyrrole nitrogens is 1. The van der Waals surface area contributed by atoms with Crippen LogP contribution in [-0.2, 0) is 6.54 Å².